The van der Waals surface area contributed by atoms with Crippen LogP contribution in [0.15, 0.2) is 48.0 Å². The Morgan fingerprint density at radius 2 is 2.07 bits per heavy atom. The van der Waals surface area contributed by atoms with E-state index in [0.29, 0.717) is 0 Å². The summed E-state index contributed by atoms with van der Waals surface area (Å²) in [6.45, 7) is 4.47. The van der Waals surface area contributed by atoms with Crippen molar-refractivity contribution < 1.29 is 4.74 Å². The Labute approximate surface area is 163 Å². The fourth-order valence-corrected chi connectivity index (χ4v) is 4.27. The molecule has 3 heterocycles. The molecular formula is C20H23N5OS. The van der Waals surface area contributed by atoms with Crippen LogP contribution in [0.4, 0.5) is 11.4 Å². The molecule has 0 radical (unpaired) electrons. The van der Waals surface area contributed by atoms with E-state index < -0.39 is 0 Å². The molecule has 0 unspecified atom stereocenters. The van der Waals surface area contributed by atoms with Crippen LogP contribution in [0.1, 0.15) is 12.8 Å². The van der Waals surface area contributed by atoms with E-state index in [2.05, 4.69) is 42.4 Å². The van der Waals surface area contributed by atoms with Gasteiger partial charge in [-0.3, -0.25) is 4.98 Å². The van der Waals surface area contributed by atoms with Gasteiger partial charge in [-0.25, -0.2) is 4.98 Å². The van der Waals surface area contributed by atoms with E-state index in [1.807, 2.05) is 24.8 Å². The van der Waals surface area contributed by atoms with Gasteiger partial charge < -0.3 is 18.9 Å². The van der Waals surface area contributed by atoms with Gasteiger partial charge in [0, 0.05) is 48.9 Å². The predicted octanol–water partition coefficient (Wildman–Crippen LogP) is 3.80. The van der Waals surface area contributed by atoms with Gasteiger partial charge in [-0.2, -0.15) is 0 Å². The van der Waals surface area contributed by atoms with Crippen molar-refractivity contribution in [2.24, 2.45) is 5.92 Å². The highest BCUT2D eigenvalue weighted by Gasteiger charge is 2.22. The zero-order valence-electron chi connectivity index (χ0n) is 15.2. The van der Waals surface area contributed by atoms with Crippen LogP contribution in [-0.4, -0.2) is 40.8 Å². The van der Waals surface area contributed by atoms with Crippen molar-refractivity contribution in [3.05, 3.63) is 43.0 Å². The van der Waals surface area contributed by atoms with Crippen molar-refractivity contribution in [3.63, 3.8) is 0 Å². The average Bonchev–Trinajstić information content (AvgIpc) is 3.43. The van der Waals surface area contributed by atoms with Crippen LogP contribution in [0.2, 0.25) is 0 Å². The molecule has 3 aromatic rings. The molecule has 0 spiro atoms. The van der Waals surface area contributed by atoms with Crippen LogP contribution in [0, 0.1) is 5.92 Å². The number of hydrogen-bond acceptors (Lipinski definition) is 6. The monoisotopic (exact) mass is 381 g/mol. The lowest BCUT2D eigenvalue weighted by Gasteiger charge is -2.30. The van der Waals surface area contributed by atoms with E-state index in [0.717, 1.165) is 55.0 Å². The van der Waals surface area contributed by atoms with E-state index >= 15 is 0 Å². The molecule has 27 heavy (non-hydrogen) atoms. The molecule has 0 bridgehead atoms. The molecule has 0 atom stereocenters. The number of ether oxygens (including phenoxy) is 1. The zero-order chi connectivity index (χ0) is 18.1. The van der Waals surface area contributed by atoms with Crippen LogP contribution >= 0.6 is 11.9 Å². The third-order valence-electron chi connectivity index (χ3n) is 5.19. The van der Waals surface area contributed by atoms with E-state index in [4.69, 9.17) is 4.74 Å². The summed E-state index contributed by atoms with van der Waals surface area (Å²) in [5.41, 5.74) is 3.27. The fraction of sp³-hybridized carbons (Fsp3) is 0.400. The number of anilines is 2. The summed E-state index contributed by atoms with van der Waals surface area (Å²) in [7, 11) is 0. The number of imidazole rings is 1. The van der Waals surface area contributed by atoms with Crippen molar-refractivity contribution >= 4 is 34.2 Å². The molecule has 0 amide bonds. The van der Waals surface area contributed by atoms with Gasteiger partial charge in [0.25, 0.3) is 0 Å². The molecule has 7 heteroatoms. The normalized spacial score (nSPS) is 17.4. The Balaban J connectivity index is 1.40. The smallest absolute Gasteiger partial charge is 0.115 e. The lowest BCUT2D eigenvalue weighted by Crippen LogP contribution is -2.36. The number of nitrogens with zero attached hydrogens (tertiary/aromatic N) is 4. The Kier molecular flexibility index (Phi) is 4.63. The number of rotatable bonds is 6. The van der Waals surface area contributed by atoms with Gasteiger partial charge in [-0.05, 0) is 43.0 Å². The highest BCUT2D eigenvalue weighted by molar-refractivity contribution is 8.00. The molecule has 1 aliphatic heterocycles. The summed E-state index contributed by atoms with van der Waals surface area (Å²) >= 11 is 1.61. The van der Waals surface area contributed by atoms with E-state index in [1.165, 1.54) is 23.9 Å². The van der Waals surface area contributed by atoms with Crippen LogP contribution in [0.3, 0.4) is 0 Å². The second kappa shape index (κ2) is 7.40. The molecule has 1 aromatic carbocycles. The maximum atomic E-state index is 5.50. The van der Waals surface area contributed by atoms with Crippen LogP contribution in [0.25, 0.3) is 10.9 Å². The van der Waals surface area contributed by atoms with Gasteiger partial charge >= 0.3 is 0 Å². The van der Waals surface area contributed by atoms with Crippen LogP contribution < -0.4 is 9.62 Å². The van der Waals surface area contributed by atoms with Gasteiger partial charge in [0.2, 0.25) is 0 Å². The van der Waals surface area contributed by atoms with Gasteiger partial charge in [-0.15, -0.1) is 0 Å². The number of fused-ring (bicyclic) bond motifs is 1. The minimum Gasteiger partial charge on any atom is -0.378 e. The van der Waals surface area contributed by atoms with E-state index in [1.54, 1.807) is 11.9 Å². The van der Waals surface area contributed by atoms with Crippen molar-refractivity contribution in [3.8, 4) is 0 Å². The largest absolute Gasteiger partial charge is 0.378 e. The number of hydrogen-bond donors (Lipinski definition) is 1. The second-order valence-corrected chi connectivity index (χ2v) is 7.99. The number of morpholine rings is 1. The van der Waals surface area contributed by atoms with Gasteiger partial charge in [-0.1, -0.05) is 0 Å². The summed E-state index contributed by atoms with van der Waals surface area (Å²) in [5, 5.41) is 2.32. The third-order valence-corrected chi connectivity index (χ3v) is 6.06. The molecule has 2 fully saturated rings. The number of nitrogens with one attached hydrogen (secondary N) is 1. The molecule has 2 aliphatic rings. The van der Waals surface area contributed by atoms with Crippen molar-refractivity contribution in [2.45, 2.75) is 24.4 Å². The third kappa shape index (κ3) is 3.61. The summed E-state index contributed by atoms with van der Waals surface area (Å²) < 4.78 is 11.2. The molecular weight excluding hydrogens is 358 g/mol. The molecule has 1 saturated heterocycles. The molecule has 6 nitrogen and oxygen atoms in total. The molecule has 1 saturated carbocycles. The van der Waals surface area contributed by atoms with E-state index in [-0.39, 0.29) is 0 Å². The Bertz CT molecular complexity index is 933. The maximum Gasteiger partial charge on any atom is 0.115 e. The number of benzene rings is 1. The zero-order valence-corrected chi connectivity index (χ0v) is 16.0. The quantitative estimate of drug-likeness (QED) is 0.656. The first-order valence-corrected chi connectivity index (χ1v) is 10.3. The van der Waals surface area contributed by atoms with Gasteiger partial charge in [0.1, 0.15) is 5.03 Å². The summed E-state index contributed by atoms with van der Waals surface area (Å²) in [5.74, 6) is 0.828. The fourth-order valence-electron chi connectivity index (χ4n) is 3.54. The predicted molar refractivity (Wildman–Crippen MR) is 109 cm³/mol. The van der Waals surface area contributed by atoms with Crippen LogP contribution in [-0.2, 0) is 11.3 Å². The second-order valence-electron chi connectivity index (χ2n) is 7.16. The lowest BCUT2D eigenvalue weighted by molar-refractivity contribution is 0.123. The first-order valence-electron chi connectivity index (χ1n) is 9.52. The van der Waals surface area contributed by atoms with Crippen LogP contribution in [0.5, 0.6) is 0 Å². The average molecular weight is 382 g/mol. The van der Waals surface area contributed by atoms with Gasteiger partial charge in [0.15, 0.2) is 0 Å². The Morgan fingerprint density at radius 3 is 2.93 bits per heavy atom. The molecule has 5 rings (SSSR count). The van der Waals surface area contributed by atoms with Crippen molar-refractivity contribution in [2.75, 3.05) is 35.9 Å². The molecule has 2 aromatic heterocycles. The SMILES string of the molecule is c1cnc2c(NSc3cncn3CC3CC3)ccc(N3CCOCC3)c2c1. The maximum absolute atomic E-state index is 5.50. The summed E-state index contributed by atoms with van der Waals surface area (Å²) in [4.78, 5) is 11.4. The Morgan fingerprint density at radius 1 is 1.19 bits per heavy atom. The minimum absolute atomic E-state index is 0.780. The first-order chi connectivity index (χ1) is 13.4. The lowest BCUT2D eigenvalue weighted by atomic mass is 10.1. The topological polar surface area (TPSA) is 55.2 Å². The Hall–Kier alpha value is -2.25. The first kappa shape index (κ1) is 16.9. The molecule has 140 valence electrons. The molecule has 1 aliphatic carbocycles. The number of pyridine rings is 1. The summed E-state index contributed by atoms with van der Waals surface area (Å²) in [6.07, 6.45) is 8.40. The van der Waals surface area contributed by atoms with Gasteiger partial charge in [0.05, 0.1) is 36.9 Å². The standard InChI is InChI=1S/C20H23N5OS/c1-2-16-18(24-8-10-26-11-9-24)6-5-17(20(16)22-7-1)23-27-19-12-21-14-25(19)13-15-3-4-15/h1-2,5-7,12,14-15,23H,3-4,8-11,13H2. The molecule has 1 N–H and O–H groups in total. The van der Waals surface area contributed by atoms with Crippen molar-refractivity contribution in [1.82, 2.24) is 14.5 Å². The minimum atomic E-state index is 0.780. The number of aromatic nitrogens is 3. The van der Waals surface area contributed by atoms with E-state index in [9.17, 15) is 0 Å². The highest BCUT2D eigenvalue weighted by Crippen LogP contribution is 2.35. The highest BCUT2D eigenvalue weighted by atomic mass is 32.2. The van der Waals surface area contributed by atoms with Crippen molar-refractivity contribution in [1.29, 1.82) is 0 Å². The summed E-state index contributed by atoms with van der Waals surface area (Å²) in [6, 6.07) is 8.49.